The maximum atomic E-state index is 5.70. The molecule has 1 N–H and O–H groups in total. The van der Waals surface area contributed by atoms with Crippen LogP contribution in [0, 0.1) is 5.92 Å². The minimum atomic E-state index is 0.653. The smallest absolute Gasteiger partial charge is 0.0362 e. The van der Waals surface area contributed by atoms with E-state index in [2.05, 4.69) is 48.6 Å². The fraction of sp³-hybridized carbons (Fsp3) is 0.538. The SMILES string of the molecule is C=C(Cl)CNCc1cccn1CCC(C)C. The molecule has 90 valence electrons. The van der Waals surface area contributed by atoms with Gasteiger partial charge in [0.2, 0.25) is 0 Å². The number of hydrogen-bond acceptors (Lipinski definition) is 1. The lowest BCUT2D eigenvalue weighted by Gasteiger charge is -2.11. The molecule has 0 aromatic carbocycles. The average molecular weight is 241 g/mol. The van der Waals surface area contributed by atoms with Gasteiger partial charge >= 0.3 is 0 Å². The van der Waals surface area contributed by atoms with Crippen LogP contribution in [0.4, 0.5) is 0 Å². The first-order chi connectivity index (χ1) is 7.59. The largest absolute Gasteiger partial charge is 0.350 e. The van der Waals surface area contributed by atoms with E-state index in [1.807, 2.05) is 0 Å². The fourth-order valence-electron chi connectivity index (χ4n) is 1.55. The molecule has 0 atom stereocenters. The maximum Gasteiger partial charge on any atom is 0.0362 e. The zero-order chi connectivity index (χ0) is 12.0. The molecule has 1 heterocycles. The maximum absolute atomic E-state index is 5.70. The van der Waals surface area contributed by atoms with Gasteiger partial charge in [0, 0.05) is 36.6 Å². The molecule has 2 nitrogen and oxygen atoms in total. The van der Waals surface area contributed by atoms with Crippen LogP contribution < -0.4 is 5.32 Å². The highest BCUT2D eigenvalue weighted by Crippen LogP contribution is 2.07. The Morgan fingerprint density at radius 1 is 1.56 bits per heavy atom. The van der Waals surface area contributed by atoms with Crippen molar-refractivity contribution >= 4 is 11.6 Å². The summed E-state index contributed by atoms with van der Waals surface area (Å²) >= 11 is 5.70. The summed E-state index contributed by atoms with van der Waals surface area (Å²) in [4.78, 5) is 0. The summed E-state index contributed by atoms with van der Waals surface area (Å²) in [5, 5.41) is 3.92. The molecule has 0 fully saturated rings. The summed E-state index contributed by atoms with van der Waals surface area (Å²) in [6, 6.07) is 4.23. The highest BCUT2D eigenvalue weighted by Gasteiger charge is 2.01. The van der Waals surface area contributed by atoms with E-state index in [0.29, 0.717) is 11.6 Å². The molecule has 0 unspecified atom stereocenters. The Balaban J connectivity index is 2.40. The van der Waals surface area contributed by atoms with Crippen LogP contribution in [-0.2, 0) is 13.1 Å². The molecule has 0 amide bonds. The van der Waals surface area contributed by atoms with Gasteiger partial charge in [0.1, 0.15) is 0 Å². The summed E-state index contributed by atoms with van der Waals surface area (Å²) in [7, 11) is 0. The topological polar surface area (TPSA) is 17.0 Å². The summed E-state index contributed by atoms with van der Waals surface area (Å²) in [5.41, 5.74) is 1.30. The Bertz CT molecular complexity index is 328. The van der Waals surface area contributed by atoms with Gasteiger partial charge in [-0.15, -0.1) is 0 Å². The second-order valence-corrected chi connectivity index (χ2v) is 5.03. The van der Waals surface area contributed by atoms with Gasteiger partial charge in [-0.25, -0.2) is 0 Å². The molecule has 0 aliphatic carbocycles. The molecular weight excluding hydrogens is 220 g/mol. The van der Waals surface area contributed by atoms with Crippen LogP contribution in [0.25, 0.3) is 0 Å². The quantitative estimate of drug-likeness (QED) is 0.773. The number of rotatable bonds is 7. The van der Waals surface area contributed by atoms with Crippen molar-refractivity contribution in [3.05, 3.63) is 35.6 Å². The Morgan fingerprint density at radius 2 is 2.31 bits per heavy atom. The Hall–Kier alpha value is -0.730. The summed E-state index contributed by atoms with van der Waals surface area (Å²) in [5.74, 6) is 0.742. The van der Waals surface area contributed by atoms with Crippen LogP contribution >= 0.6 is 11.6 Å². The molecule has 16 heavy (non-hydrogen) atoms. The molecule has 3 heteroatoms. The number of aromatic nitrogens is 1. The number of nitrogens with zero attached hydrogens (tertiary/aromatic N) is 1. The van der Waals surface area contributed by atoms with Crippen LogP contribution in [0.1, 0.15) is 26.0 Å². The lowest BCUT2D eigenvalue weighted by molar-refractivity contribution is 0.503. The number of hydrogen-bond donors (Lipinski definition) is 1. The zero-order valence-electron chi connectivity index (χ0n) is 10.2. The standard InChI is InChI=1S/C13H21ClN2/c1-11(2)6-8-16-7-4-5-13(16)10-15-9-12(3)14/h4-5,7,11,15H,3,6,8-10H2,1-2H3. The van der Waals surface area contributed by atoms with Crippen molar-refractivity contribution in [3.63, 3.8) is 0 Å². The predicted molar refractivity (Wildman–Crippen MR) is 70.6 cm³/mol. The third-order valence-electron chi connectivity index (χ3n) is 2.49. The van der Waals surface area contributed by atoms with E-state index in [1.54, 1.807) is 0 Å². The highest BCUT2D eigenvalue weighted by atomic mass is 35.5. The lowest BCUT2D eigenvalue weighted by Crippen LogP contribution is -2.17. The molecule has 0 spiro atoms. The first-order valence-corrected chi connectivity index (χ1v) is 6.15. The first kappa shape index (κ1) is 13.3. The van der Waals surface area contributed by atoms with Crippen molar-refractivity contribution < 1.29 is 0 Å². The normalized spacial score (nSPS) is 11.0. The summed E-state index contributed by atoms with van der Waals surface area (Å²) in [6.45, 7) is 10.7. The average Bonchev–Trinajstić information content (AvgIpc) is 2.62. The van der Waals surface area contributed by atoms with E-state index in [0.717, 1.165) is 19.0 Å². The van der Waals surface area contributed by atoms with Crippen molar-refractivity contribution in [2.24, 2.45) is 5.92 Å². The van der Waals surface area contributed by atoms with Crippen molar-refractivity contribution in [2.45, 2.75) is 33.4 Å². The molecule has 1 rings (SSSR count). The predicted octanol–water partition coefficient (Wildman–Crippen LogP) is 3.38. The van der Waals surface area contributed by atoms with E-state index in [9.17, 15) is 0 Å². The Labute approximate surface area is 103 Å². The van der Waals surface area contributed by atoms with Crippen LogP contribution in [0.3, 0.4) is 0 Å². The van der Waals surface area contributed by atoms with E-state index >= 15 is 0 Å². The van der Waals surface area contributed by atoms with E-state index in [-0.39, 0.29) is 0 Å². The molecule has 1 aromatic heterocycles. The monoisotopic (exact) mass is 240 g/mol. The van der Waals surface area contributed by atoms with Crippen LogP contribution in [0.15, 0.2) is 29.9 Å². The van der Waals surface area contributed by atoms with Crippen LogP contribution in [-0.4, -0.2) is 11.1 Å². The van der Waals surface area contributed by atoms with Crippen LogP contribution in [0.5, 0.6) is 0 Å². The molecule has 0 bridgehead atoms. The van der Waals surface area contributed by atoms with Gasteiger partial charge in [-0.3, -0.25) is 0 Å². The van der Waals surface area contributed by atoms with Gasteiger partial charge in [-0.2, -0.15) is 0 Å². The van der Waals surface area contributed by atoms with Gasteiger partial charge in [-0.05, 0) is 24.5 Å². The van der Waals surface area contributed by atoms with Crippen molar-refractivity contribution in [1.82, 2.24) is 9.88 Å². The Kier molecular flexibility index (Phi) is 5.64. The van der Waals surface area contributed by atoms with Crippen molar-refractivity contribution in [1.29, 1.82) is 0 Å². The molecule has 0 aliphatic rings. The molecule has 1 aromatic rings. The molecule has 0 saturated heterocycles. The van der Waals surface area contributed by atoms with Crippen LogP contribution in [0.2, 0.25) is 0 Å². The van der Waals surface area contributed by atoms with E-state index < -0.39 is 0 Å². The zero-order valence-corrected chi connectivity index (χ0v) is 10.9. The second-order valence-electron chi connectivity index (χ2n) is 4.50. The molecular formula is C13H21ClN2. The lowest BCUT2D eigenvalue weighted by atomic mass is 10.1. The molecule has 0 aliphatic heterocycles. The third-order valence-corrected chi connectivity index (χ3v) is 2.63. The summed E-state index contributed by atoms with van der Waals surface area (Å²) < 4.78 is 2.30. The number of nitrogens with one attached hydrogen (secondary N) is 1. The van der Waals surface area contributed by atoms with Gasteiger partial charge in [0.15, 0.2) is 0 Å². The third kappa shape index (κ3) is 4.86. The van der Waals surface area contributed by atoms with E-state index in [1.165, 1.54) is 12.1 Å². The number of halogens is 1. The number of aryl methyl sites for hydroxylation is 1. The first-order valence-electron chi connectivity index (χ1n) is 5.77. The molecule has 0 saturated carbocycles. The van der Waals surface area contributed by atoms with Gasteiger partial charge in [0.25, 0.3) is 0 Å². The van der Waals surface area contributed by atoms with Crippen molar-refractivity contribution in [2.75, 3.05) is 6.54 Å². The van der Waals surface area contributed by atoms with Gasteiger partial charge in [0.05, 0.1) is 0 Å². The second kappa shape index (κ2) is 6.77. The molecule has 0 radical (unpaired) electrons. The highest BCUT2D eigenvalue weighted by molar-refractivity contribution is 6.29. The van der Waals surface area contributed by atoms with Gasteiger partial charge < -0.3 is 9.88 Å². The van der Waals surface area contributed by atoms with Crippen molar-refractivity contribution in [3.8, 4) is 0 Å². The minimum absolute atomic E-state index is 0.653. The van der Waals surface area contributed by atoms with E-state index in [4.69, 9.17) is 11.6 Å². The van der Waals surface area contributed by atoms with Gasteiger partial charge in [-0.1, -0.05) is 32.0 Å². The fourth-order valence-corrected chi connectivity index (χ4v) is 1.65. The Morgan fingerprint density at radius 3 is 2.94 bits per heavy atom. The summed E-state index contributed by atoms with van der Waals surface area (Å²) in [6.07, 6.45) is 3.35. The minimum Gasteiger partial charge on any atom is -0.350 e.